The van der Waals surface area contributed by atoms with Crippen LogP contribution in [0.25, 0.3) is 0 Å². The summed E-state index contributed by atoms with van der Waals surface area (Å²) in [7, 11) is 0. The van der Waals surface area contributed by atoms with E-state index in [-0.39, 0.29) is 5.69 Å². The van der Waals surface area contributed by atoms with Crippen LogP contribution in [0.15, 0.2) is 18.2 Å². The Labute approximate surface area is 94.8 Å². The van der Waals surface area contributed by atoms with E-state index in [1.165, 1.54) is 12.1 Å². The van der Waals surface area contributed by atoms with Gasteiger partial charge in [-0.1, -0.05) is 12.0 Å². The minimum atomic E-state index is -0.528. The molecule has 0 radical (unpaired) electrons. The number of nitro groups is 1. The van der Waals surface area contributed by atoms with E-state index in [9.17, 15) is 10.1 Å². The molecule has 0 bridgehead atoms. The molecule has 0 spiro atoms. The van der Waals surface area contributed by atoms with E-state index in [1.807, 2.05) is 20.8 Å². The van der Waals surface area contributed by atoms with Crippen LogP contribution in [0, 0.1) is 29.4 Å². The molecule has 0 aliphatic heterocycles. The van der Waals surface area contributed by atoms with Gasteiger partial charge >= 0.3 is 0 Å². The van der Waals surface area contributed by atoms with Crippen molar-refractivity contribution in [1.82, 2.24) is 0 Å². The number of nitrogens with one attached hydrogen (secondary N) is 1. The number of nitrogens with zero attached hydrogens (tertiary/aromatic N) is 1. The number of terminal acetylenes is 1. The fraction of sp³-hybridized carbons (Fsp3) is 0.333. The third-order valence-electron chi connectivity index (χ3n) is 2.24. The minimum absolute atomic E-state index is 0.0564. The molecule has 1 N–H and O–H groups in total. The van der Waals surface area contributed by atoms with Crippen molar-refractivity contribution in [3.05, 3.63) is 33.9 Å². The Bertz CT molecular complexity index is 459. The summed E-state index contributed by atoms with van der Waals surface area (Å²) in [5.74, 6) is 2.58. The van der Waals surface area contributed by atoms with Crippen LogP contribution in [0.3, 0.4) is 0 Å². The molecule has 4 heteroatoms. The first-order chi connectivity index (χ1) is 7.35. The molecule has 1 aromatic rings. The van der Waals surface area contributed by atoms with E-state index in [4.69, 9.17) is 6.42 Å². The fourth-order valence-corrected chi connectivity index (χ4v) is 1.23. The lowest BCUT2D eigenvalue weighted by Gasteiger charge is -2.22. The normalized spacial score (nSPS) is 10.6. The van der Waals surface area contributed by atoms with Gasteiger partial charge in [-0.3, -0.25) is 10.1 Å². The van der Waals surface area contributed by atoms with Gasteiger partial charge in [0.25, 0.3) is 5.69 Å². The lowest BCUT2D eigenvalue weighted by molar-refractivity contribution is -0.384. The fourth-order valence-electron chi connectivity index (χ4n) is 1.23. The van der Waals surface area contributed by atoms with Crippen LogP contribution in [0.2, 0.25) is 0 Å². The Morgan fingerprint density at radius 1 is 1.50 bits per heavy atom. The third-order valence-corrected chi connectivity index (χ3v) is 2.24. The second kappa shape index (κ2) is 4.23. The first-order valence-corrected chi connectivity index (χ1v) is 4.87. The second-order valence-electron chi connectivity index (χ2n) is 4.15. The number of anilines is 1. The highest BCUT2D eigenvalue weighted by Gasteiger charge is 2.16. The average molecular weight is 218 g/mol. The maximum Gasteiger partial charge on any atom is 0.271 e. The predicted molar refractivity (Wildman–Crippen MR) is 64.4 cm³/mol. The molecular formula is C12H14N2O2. The number of benzene rings is 1. The summed E-state index contributed by atoms with van der Waals surface area (Å²) in [6.45, 7) is 5.55. The molecule has 0 saturated heterocycles. The standard InChI is InChI=1S/C12H14N2O2/c1-5-12(3,4)13-11-8-10(14(15)16)7-6-9(11)2/h1,6-8,13H,2-4H3. The Morgan fingerprint density at radius 2 is 2.12 bits per heavy atom. The molecule has 4 nitrogen and oxygen atoms in total. The molecular weight excluding hydrogens is 204 g/mol. The van der Waals surface area contributed by atoms with Crippen molar-refractivity contribution in [1.29, 1.82) is 0 Å². The summed E-state index contributed by atoms with van der Waals surface area (Å²) in [4.78, 5) is 10.2. The summed E-state index contributed by atoms with van der Waals surface area (Å²) in [6.07, 6.45) is 5.36. The Kier molecular flexibility index (Phi) is 3.19. The van der Waals surface area contributed by atoms with E-state index < -0.39 is 10.5 Å². The molecule has 1 aromatic carbocycles. The van der Waals surface area contributed by atoms with E-state index in [0.717, 1.165) is 5.56 Å². The van der Waals surface area contributed by atoms with E-state index in [2.05, 4.69) is 11.2 Å². The zero-order valence-corrected chi connectivity index (χ0v) is 9.57. The molecule has 0 aromatic heterocycles. The van der Waals surface area contributed by atoms with Gasteiger partial charge in [0.05, 0.1) is 10.5 Å². The van der Waals surface area contributed by atoms with Crippen molar-refractivity contribution in [3.8, 4) is 12.3 Å². The molecule has 0 unspecified atom stereocenters. The van der Waals surface area contributed by atoms with Gasteiger partial charge in [-0.05, 0) is 26.3 Å². The molecule has 1 rings (SSSR count). The van der Waals surface area contributed by atoms with Crippen LogP contribution in [0.4, 0.5) is 11.4 Å². The summed E-state index contributed by atoms with van der Waals surface area (Å²) in [5.41, 5.74) is 1.15. The molecule has 0 amide bonds. The number of nitro benzene ring substituents is 1. The lowest BCUT2D eigenvalue weighted by Crippen LogP contribution is -2.28. The molecule has 0 saturated carbocycles. The van der Waals surface area contributed by atoms with Crippen LogP contribution in [0.5, 0.6) is 0 Å². The monoisotopic (exact) mass is 218 g/mol. The van der Waals surface area contributed by atoms with E-state index in [0.29, 0.717) is 5.69 Å². The zero-order chi connectivity index (χ0) is 12.3. The van der Waals surface area contributed by atoms with Crippen LogP contribution in [-0.2, 0) is 0 Å². The highest BCUT2D eigenvalue weighted by Crippen LogP contribution is 2.24. The first-order valence-electron chi connectivity index (χ1n) is 4.87. The van der Waals surface area contributed by atoms with Crippen LogP contribution < -0.4 is 5.32 Å². The van der Waals surface area contributed by atoms with Gasteiger partial charge in [0.15, 0.2) is 0 Å². The summed E-state index contributed by atoms with van der Waals surface area (Å²) >= 11 is 0. The first kappa shape index (κ1) is 12.1. The quantitative estimate of drug-likeness (QED) is 0.482. The van der Waals surface area contributed by atoms with Crippen molar-refractivity contribution < 1.29 is 4.92 Å². The molecule has 16 heavy (non-hydrogen) atoms. The van der Waals surface area contributed by atoms with Gasteiger partial charge in [-0.15, -0.1) is 6.42 Å². The maximum atomic E-state index is 10.6. The summed E-state index contributed by atoms with van der Waals surface area (Å²) < 4.78 is 0. The Morgan fingerprint density at radius 3 is 2.62 bits per heavy atom. The van der Waals surface area contributed by atoms with Crippen molar-refractivity contribution in [2.75, 3.05) is 5.32 Å². The molecule has 84 valence electrons. The number of aryl methyl sites for hydroxylation is 1. The second-order valence-corrected chi connectivity index (χ2v) is 4.15. The van der Waals surface area contributed by atoms with E-state index in [1.54, 1.807) is 6.07 Å². The number of hydrogen-bond donors (Lipinski definition) is 1. The minimum Gasteiger partial charge on any atom is -0.369 e. The molecule has 0 fully saturated rings. The summed E-state index contributed by atoms with van der Waals surface area (Å²) in [6, 6.07) is 4.67. The molecule has 0 aliphatic rings. The maximum absolute atomic E-state index is 10.6. The number of rotatable bonds is 3. The number of hydrogen-bond acceptors (Lipinski definition) is 3. The van der Waals surface area contributed by atoms with Gasteiger partial charge in [-0.25, -0.2) is 0 Å². The highest BCUT2D eigenvalue weighted by atomic mass is 16.6. The highest BCUT2D eigenvalue weighted by molar-refractivity contribution is 5.59. The third kappa shape index (κ3) is 2.74. The van der Waals surface area contributed by atoms with Gasteiger partial charge in [0.2, 0.25) is 0 Å². The summed E-state index contributed by atoms with van der Waals surface area (Å²) in [5, 5.41) is 13.7. The van der Waals surface area contributed by atoms with Gasteiger partial charge < -0.3 is 5.32 Å². The van der Waals surface area contributed by atoms with E-state index >= 15 is 0 Å². The molecule has 0 atom stereocenters. The SMILES string of the molecule is C#CC(C)(C)Nc1cc([N+](=O)[O-])ccc1C. The van der Waals surface area contributed by atoms with Crippen molar-refractivity contribution in [2.24, 2.45) is 0 Å². The smallest absolute Gasteiger partial charge is 0.271 e. The van der Waals surface area contributed by atoms with Crippen molar-refractivity contribution in [2.45, 2.75) is 26.3 Å². The molecule has 0 heterocycles. The van der Waals surface area contributed by atoms with Gasteiger partial charge in [0, 0.05) is 17.8 Å². The topological polar surface area (TPSA) is 55.2 Å². The zero-order valence-electron chi connectivity index (χ0n) is 9.57. The van der Waals surface area contributed by atoms with Gasteiger partial charge in [-0.2, -0.15) is 0 Å². The molecule has 0 aliphatic carbocycles. The van der Waals surface area contributed by atoms with Crippen LogP contribution in [-0.4, -0.2) is 10.5 Å². The number of non-ortho nitro benzene ring substituents is 1. The van der Waals surface area contributed by atoms with Crippen LogP contribution >= 0.6 is 0 Å². The van der Waals surface area contributed by atoms with Crippen LogP contribution in [0.1, 0.15) is 19.4 Å². The van der Waals surface area contributed by atoms with Crippen molar-refractivity contribution in [3.63, 3.8) is 0 Å². The Balaban J connectivity index is 3.09. The predicted octanol–water partition coefficient (Wildman–Crippen LogP) is 2.73. The average Bonchev–Trinajstić information content (AvgIpc) is 2.21. The largest absolute Gasteiger partial charge is 0.369 e. The Hall–Kier alpha value is -2.02. The van der Waals surface area contributed by atoms with Crippen molar-refractivity contribution >= 4 is 11.4 Å². The van der Waals surface area contributed by atoms with Gasteiger partial charge in [0.1, 0.15) is 0 Å². The lowest BCUT2D eigenvalue weighted by atomic mass is 10.1.